The Balaban J connectivity index is 1.91. The average Bonchev–Trinajstić information content (AvgIpc) is 2.64. The third-order valence-corrected chi connectivity index (χ3v) is 5.04. The topological polar surface area (TPSA) is 42.5 Å². The Hall–Kier alpha value is -2.24. The fraction of sp³-hybridized carbons (Fsp3) is 0.250. The minimum absolute atomic E-state index is 0.612. The highest BCUT2D eigenvalue weighted by Gasteiger charge is 2.18. The molecule has 0 atom stereocenters. The number of fused-ring (bicyclic) bond motifs is 1. The fourth-order valence-corrected chi connectivity index (χ4v) is 3.38. The first-order valence-electron chi connectivity index (χ1n) is 8.30. The van der Waals surface area contributed by atoms with E-state index in [1.807, 2.05) is 43.3 Å². The largest absolute Gasteiger partial charge is 0.493 e. The van der Waals surface area contributed by atoms with Crippen LogP contribution in [0.5, 0.6) is 11.5 Å². The molecule has 0 aromatic heterocycles. The van der Waals surface area contributed by atoms with E-state index >= 15 is 0 Å². The molecular weight excluding hydrogens is 368 g/mol. The molecule has 0 unspecified atom stereocenters. The Labute approximate surface area is 164 Å². The van der Waals surface area contributed by atoms with Crippen LogP contribution in [0.2, 0.25) is 5.02 Å². The number of ether oxygens (including phenoxy) is 2. The van der Waals surface area contributed by atoms with E-state index in [1.54, 1.807) is 14.2 Å². The van der Waals surface area contributed by atoms with Gasteiger partial charge in [-0.2, -0.15) is 0 Å². The predicted octanol–water partition coefficient (Wildman–Crippen LogP) is 4.59. The number of benzene rings is 2. The number of nitrogens with one attached hydrogen (secondary N) is 2. The maximum Gasteiger partial charge on any atom is 0.161 e. The summed E-state index contributed by atoms with van der Waals surface area (Å²) in [6.45, 7) is 2.80. The van der Waals surface area contributed by atoms with Gasteiger partial charge in [0.1, 0.15) is 4.99 Å². The van der Waals surface area contributed by atoms with Crippen LogP contribution in [0.1, 0.15) is 16.7 Å². The van der Waals surface area contributed by atoms with Crippen molar-refractivity contribution >= 4 is 40.2 Å². The van der Waals surface area contributed by atoms with Crippen molar-refractivity contribution in [2.24, 2.45) is 0 Å². The fourth-order valence-electron chi connectivity index (χ4n) is 2.98. The quantitative estimate of drug-likeness (QED) is 0.592. The SMILES string of the molecule is COc1cc2c(cc1OC)C(=CC(=S)Nc1cccc(Cl)c1C)NCC2. The normalized spacial score (nSPS) is 14.4. The number of hydrogen-bond donors (Lipinski definition) is 2. The number of thiocarbonyl (C=S) groups is 1. The van der Waals surface area contributed by atoms with Crippen LogP contribution in [-0.2, 0) is 6.42 Å². The predicted molar refractivity (Wildman–Crippen MR) is 112 cm³/mol. The third kappa shape index (κ3) is 3.79. The standard InChI is InChI=1S/C20H21ClN2O2S/c1-12-15(21)5-4-6-16(12)23-20(26)11-17-14-10-19(25-3)18(24-2)9-13(14)7-8-22-17/h4-6,9-11,22H,7-8H2,1-3H3,(H,23,26). The van der Waals surface area contributed by atoms with E-state index in [-0.39, 0.29) is 0 Å². The Morgan fingerprint density at radius 2 is 1.96 bits per heavy atom. The van der Waals surface area contributed by atoms with Gasteiger partial charge in [0.05, 0.1) is 14.2 Å². The molecule has 136 valence electrons. The van der Waals surface area contributed by atoms with Crippen LogP contribution in [0.3, 0.4) is 0 Å². The highest BCUT2D eigenvalue weighted by Crippen LogP contribution is 2.35. The van der Waals surface area contributed by atoms with E-state index in [9.17, 15) is 0 Å². The van der Waals surface area contributed by atoms with Crippen LogP contribution in [-0.4, -0.2) is 25.8 Å². The van der Waals surface area contributed by atoms with Crippen LogP contribution in [0, 0.1) is 6.92 Å². The first-order valence-corrected chi connectivity index (χ1v) is 9.09. The van der Waals surface area contributed by atoms with Crippen molar-refractivity contribution in [3.05, 3.63) is 58.1 Å². The lowest BCUT2D eigenvalue weighted by Gasteiger charge is -2.23. The van der Waals surface area contributed by atoms with Gasteiger partial charge in [0.2, 0.25) is 0 Å². The van der Waals surface area contributed by atoms with Crippen molar-refractivity contribution in [1.82, 2.24) is 5.32 Å². The highest BCUT2D eigenvalue weighted by atomic mass is 35.5. The molecule has 2 aromatic rings. The molecule has 0 amide bonds. The van der Waals surface area contributed by atoms with Gasteiger partial charge in [-0.3, -0.25) is 0 Å². The zero-order chi connectivity index (χ0) is 18.7. The van der Waals surface area contributed by atoms with E-state index < -0.39 is 0 Å². The molecule has 3 rings (SSSR count). The number of rotatable bonds is 4. The number of halogens is 1. The second-order valence-electron chi connectivity index (χ2n) is 6.00. The minimum Gasteiger partial charge on any atom is -0.493 e. The lowest BCUT2D eigenvalue weighted by atomic mass is 9.97. The first kappa shape index (κ1) is 18.5. The summed E-state index contributed by atoms with van der Waals surface area (Å²) in [5.74, 6) is 1.44. The summed E-state index contributed by atoms with van der Waals surface area (Å²) in [4.78, 5) is 0.612. The molecule has 26 heavy (non-hydrogen) atoms. The number of methoxy groups -OCH3 is 2. The molecule has 4 nitrogen and oxygen atoms in total. The Bertz CT molecular complexity index is 880. The van der Waals surface area contributed by atoms with Gasteiger partial charge in [0.15, 0.2) is 11.5 Å². The highest BCUT2D eigenvalue weighted by molar-refractivity contribution is 7.81. The van der Waals surface area contributed by atoms with Gasteiger partial charge in [-0.1, -0.05) is 29.9 Å². The Kier molecular flexibility index (Phi) is 5.69. The molecule has 0 spiro atoms. The molecule has 0 radical (unpaired) electrons. The van der Waals surface area contributed by atoms with Crippen molar-refractivity contribution in [2.75, 3.05) is 26.1 Å². The Morgan fingerprint density at radius 3 is 2.69 bits per heavy atom. The molecule has 2 aromatic carbocycles. The smallest absolute Gasteiger partial charge is 0.161 e. The van der Waals surface area contributed by atoms with Crippen molar-refractivity contribution in [2.45, 2.75) is 13.3 Å². The van der Waals surface area contributed by atoms with Crippen LogP contribution >= 0.6 is 23.8 Å². The van der Waals surface area contributed by atoms with Crippen LogP contribution < -0.4 is 20.1 Å². The summed E-state index contributed by atoms with van der Waals surface area (Å²) in [5.41, 5.74) is 5.11. The zero-order valence-electron chi connectivity index (χ0n) is 15.0. The number of hydrogen-bond acceptors (Lipinski definition) is 4. The van der Waals surface area contributed by atoms with E-state index in [4.69, 9.17) is 33.3 Å². The average molecular weight is 389 g/mol. The van der Waals surface area contributed by atoms with Gasteiger partial charge in [0.25, 0.3) is 0 Å². The van der Waals surface area contributed by atoms with Gasteiger partial charge < -0.3 is 20.1 Å². The molecule has 1 heterocycles. The van der Waals surface area contributed by atoms with E-state index in [2.05, 4.69) is 10.6 Å². The second kappa shape index (κ2) is 7.98. The maximum absolute atomic E-state index is 6.18. The van der Waals surface area contributed by atoms with Crippen LogP contribution in [0.4, 0.5) is 5.69 Å². The molecule has 0 aliphatic carbocycles. The monoisotopic (exact) mass is 388 g/mol. The molecule has 0 saturated heterocycles. The van der Waals surface area contributed by atoms with Crippen molar-refractivity contribution in [3.63, 3.8) is 0 Å². The summed E-state index contributed by atoms with van der Waals surface area (Å²) in [7, 11) is 3.28. The van der Waals surface area contributed by atoms with Gasteiger partial charge in [-0.25, -0.2) is 0 Å². The molecular formula is C20H21ClN2O2S. The van der Waals surface area contributed by atoms with Gasteiger partial charge in [-0.15, -0.1) is 0 Å². The number of anilines is 1. The zero-order valence-corrected chi connectivity index (χ0v) is 16.6. The summed E-state index contributed by atoms with van der Waals surface area (Å²) in [6.07, 6.45) is 2.85. The van der Waals surface area contributed by atoms with Gasteiger partial charge >= 0.3 is 0 Å². The van der Waals surface area contributed by atoms with Crippen molar-refractivity contribution in [3.8, 4) is 11.5 Å². The lowest BCUT2D eigenvalue weighted by molar-refractivity contribution is 0.354. The van der Waals surface area contributed by atoms with Crippen LogP contribution in [0.25, 0.3) is 5.70 Å². The minimum atomic E-state index is 0.612. The lowest BCUT2D eigenvalue weighted by Crippen LogP contribution is -2.24. The molecule has 1 aliphatic rings. The summed E-state index contributed by atoms with van der Waals surface area (Å²) in [5, 5.41) is 7.38. The van der Waals surface area contributed by atoms with Crippen LogP contribution in [0.15, 0.2) is 36.4 Å². The van der Waals surface area contributed by atoms with E-state index in [0.717, 1.165) is 41.2 Å². The molecule has 0 fully saturated rings. The third-order valence-electron chi connectivity index (χ3n) is 4.41. The molecule has 1 aliphatic heterocycles. The van der Waals surface area contributed by atoms with E-state index in [0.29, 0.717) is 15.8 Å². The molecule has 6 heteroatoms. The van der Waals surface area contributed by atoms with Gasteiger partial charge in [0, 0.05) is 28.5 Å². The molecule has 0 bridgehead atoms. The van der Waals surface area contributed by atoms with Crippen molar-refractivity contribution < 1.29 is 9.47 Å². The maximum atomic E-state index is 6.18. The summed E-state index contributed by atoms with van der Waals surface area (Å²) >= 11 is 11.7. The van der Waals surface area contributed by atoms with E-state index in [1.165, 1.54) is 5.56 Å². The molecule has 0 saturated carbocycles. The summed E-state index contributed by atoms with van der Waals surface area (Å²) in [6, 6.07) is 9.74. The summed E-state index contributed by atoms with van der Waals surface area (Å²) < 4.78 is 10.8. The van der Waals surface area contributed by atoms with Gasteiger partial charge in [-0.05, 0) is 54.8 Å². The first-order chi connectivity index (χ1) is 12.5. The second-order valence-corrected chi connectivity index (χ2v) is 6.85. The van der Waals surface area contributed by atoms with Crippen molar-refractivity contribution in [1.29, 1.82) is 0 Å². The Morgan fingerprint density at radius 1 is 1.23 bits per heavy atom. The molecule has 2 N–H and O–H groups in total.